The summed E-state index contributed by atoms with van der Waals surface area (Å²) in [7, 11) is 0. The zero-order chi connectivity index (χ0) is 8.55. The number of anilines is 1. The highest BCUT2D eigenvalue weighted by Gasteiger charge is 2.18. The number of halogens is 1. The third kappa shape index (κ3) is 1.40. The van der Waals surface area contributed by atoms with Gasteiger partial charge in [-0.15, -0.1) is 0 Å². The Morgan fingerprint density at radius 1 is 1.67 bits per heavy atom. The van der Waals surface area contributed by atoms with Crippen LogP contribution in [-0.2, 0) is 0 Å². The van der Waals surface area contributed by atoms with Gasteiger partial charge in [-0.3, -0.25) is 0 Å². The van der Waals surface area contributed by atoms with Gasteiger partial charge in [0.15, 0.2) is 0 Å². The third-order valence-electron chi connectivity index (χ3n) is 2.12. The van der Waals surface area contributed by atoms with Gasteiger partial charge in [0.25, 0.3) is 0 Å². The lowest BCUT2D eigenvalue weighted by Gasteiger charge is -2.27. The molecule has 1 fully saturated rings. The highest BCUT2D eigenvalue weighted by Crippen LogP contribution is 2.24. The molecule has 64 valence electrons. The van der Waals surface area contributed by atoms with Crippen LogP contribution in [0, 0.1) is 3.57 Å². The van der Waals surface area contributed by atoms with Crippen LogP contribution in [0.5, 0.6) is 0 Å². The third-order valence-corrected chi connectivity index (χ3v) is 2.98. The molecule has 1 saturated heterocycles. The minimum Gasteiger partial charge on any atom is -0.383 e. The highest BCUT2D eigenvalue weighted by molar-refractivity contribution is 14.1. The fourth-order valence-electron chi connectivity index (χ4n) is 1.23. The second-order valence-electron chi connectivity index (χ2n) is 2.93. The number of aromatic nitrogens is 1. The van der Waals surface area contributed by atoms with E-state index in [1.807, 2.05) is 6.20 Å². The fraction of sp³-hybridized carbons (Fsp3) is 0.375. The first-order chi connectivity index (χ1) is 5.77. The molecule has 0 radical (unpaired) electrons. The molecule has 1 aromatic rings. The number of hydrogen-bond donors (Lipinski definition) is 2. The minimum absolute atomic E-state index is 0.506. The van der Waals surface area contributed by atoms with Crippen LogP contribution in [0.3, 0.4) is 0 Å². The van der Waals surface area contributed by atoms with E-state index in [-0.39, 0.29) is 0 Å². The maximum Gasteiger partial charge on any atom is 0.136 e. The molecule has 1 atom stereocenters. The molecule has 0 spiro atoms. The van der Waals surface area contributed by atoms with Crippen molar-refractivity contribution >= 4 is 28.4 Å². The number of nitrogens with one attached hydrogen (secondary N) is 1. The molecule has 0 amide bonds. The monoisotopic (exact) mass is 275 g/mol. The molecular weight excluding hydrogens is 265 g/mol. The average molecular weight is 275 g/mol. The van der Waals surface area contributed by atoms with Crippen molar-refractivity contribution in [2.75, 3.05) is 12.3 Å². The molecule has 0 aliphatic carbocycles. The Labute approximate surface area is 84.9 Å². The summed E-state index contributed by atoms with van der Waals surface area (Å²) < 4.78 is 1.04. The number of pyridine rings is 1. The SMILES string of the molecule is Nc1ncc(C2CCN2)cc1I. The Balaban J connectivity index is 2.27. The summed E-state index contributed by atoms with van der Waals surface area (Å²) in [6.45, 7) is 1.12. The summed E-state index contributed by atoms with van der Waals surface area (Å²) in [4.78, 5) is 4.11. The first kappa shape index (κ1) is 8.25. The molecular formula is C8H10IN3. The van der Waals surface area contributed by atoms with Crippen LogP contribution < -0.4 is 11.1 Å². The summed E-state index contributed by atoms with van der Waals surface area (Å²) in [5.74, 6) is 0.624. The normalized spacial score (nSPS) is 21.9. The van der Waals surface area contributed by atoms with Gasteiger partial charge in [0.05, 0.1) is 3.57 Å². The predicted octanol–water partition coefficient (Wildman–Crippen LogP) is 1.30. The number of nitrogens with zero attached hydrogens (tertiary/aromatic N) is 1. The van der Waals surface area contributed by atoms with Crippen molar-refractivity contribution in [3.05, 3.63) is 21.4 Å². The van der Waals surface area contributed by atoms with E-state index in [1.165, 1.54) is 12.0 Å². The molecule has 12 heavy (non-hydrogen) atoms. The van der Waals surface area contributed by atoms with Crippen LogP contribution in [0.25, 0.3) is 0 Å². The molecule has 1 aromatic heterocycles. The Morgan fingerprint density at radius 2 is 2.42 bits per heavy atom. The van der Waals surface area contributed by atoms with Crippen molar-refractivity contribution in [3.63, 3.8) is 0 Å². The van der Waals surface area contributed by atoms with Gasteiger partial charge in [-0.05, 0) is 47.2 Å². The zero-order valence-corrected chi connectivity index (χ0v) is 8.71. The van der Waals surface area contributed by atoms with Crippen LogP contribution >= 0.6 is 22.6 Å². The van der Waals surface area contributed by atoms with Gasteiger partial charge >= 0.3 is 0 Å². The summed E-state index contributed by atoms with van der Waals surface area (Å²) in [5.41, 5.74) is 6.86. The highest BCUT2D eigenvalue weighted by atomic mass is 127. The summed E-state index contributed by atoms with van der Waals surface area (Å²) in [6.07, 6.45) is 3.07. The smallest absolute Gasteiger partial charge is 0.136 e. The van der Waals surface area contributed by atoms with Gasteiger partial charge in [-0.1, -0.05) is 0 Å². The lowest BCUT2D eigenvalue weighted by molar-refractivity contribution is 0.382. The fourth-order valence-corrected chi connectivity index (χ4v) is 1.73. The first-order valence-corrected chi connectivity index (χ1v) is 4.99. The Hall–Kier alpha value is -0.360. The second-order valence-corrected chi connectivity index (χ2v) is 4.09. The van der Waals surface area contributed by atoms with Crippen molar-refractivity contribution in [2.24, 2.45) is 0 Å². The first-order valence-electron chi connectivity index (χ1n) is 3.91. The topological polar surface area (TPSA) is 50.9 Å². The minimum atomic E-state index is 0.506. The van der Waals surface area contributed by atoms with Gasteiger partial charge in [-0.25, -0.2) is 4.98 Å². The molecule has 2 heterocycles. The van der Waals surface area contributed by atoms with Crippen LogP contribution in [0.1, 0.15) is 18.0 Å². The average Bonchev–Trinajstić information content (AvgIpc) is 1.93. The van der Waals surface area contributed by atoms with Crippen molar-refractivity contribution in [1.29, 1.82) is 0 Å². The van der Waals surface area contributed by atoms with Gasteiger partial charge in [0, 0.05) is 12.2 Å². The maximum atomic E-state index is 5.61. The standard InChI is InChI=1S/C8H10IN3/c9-6-3-5(4-12-8(6)10)7-1-2-11-7/h3-4,7,11H,1-2H2,(H2,10,12). The number of nitrogens with two attached hydrogens (primary N) is 1. The number of nitrogen functional groups attached to an aromatic ring is 1. The van der Waals surface area contributed by atoms with E-state index in [2.05, 4.69) is 39.0 Å². The van der Waals surface area contributed by atoms with E-state index in [0.29, 0.717) is 11.9 Å². The van der Waals surface area contributed by atoms with Crippen molar-refractivity contribution in [3.8, 4) is 0 Å². The van der Waals surface area contributed by atoms with Crippen molar-refractivity contribution in [2.45, 2.75) is 12.5 Å². The summed E-state index contributed by atoms with van der Waals surface area (Å²) in [6, 6.07) is 2.60. The molecule has 1 aliphatic rings. The van der Waals surface area contributed by atoms with Crippen molar-refractivity contribution in [1.82, 2.24) is 10.3 Å². The zero-order valence-electron chi connectivity index (χ0n) is 6.55. The van der Waals surface area contributed by atoms with E-state index in [0.717, 1.165) is 10.1 Å². The Bertz CT molecular complexity index is 296. The van der Waals surface area contributed by atoms with Gasteiger partial charge in [-0.2, -0.15) is 0 Å². The Kier molecular flexibility index (Phi) is 2.18. The number of rotatable bonds is 1. The second kappa shape index (κ2) is 3.18. The van der Waals surface area contributed by atoms with E-state index >= 15 is 0 Å². The van der Waals surface area contributed by atoms with E-state index in [1.54, 1.807) is 0 Å². The van der Waals surface area contributed by atoms with Crippen LogP contribution in [0.15, 0.2) is 12.3 Å². The predicted molar refractivity (Wildman–Crippen MR) is 56.7 cm³/mol. The van der Waals surface area contributed by atoms with E-state index in [9.17, 15) is 0 Å². The molecule has 3 nitrogen and oxygen atoms in total. The van der Waals surface area contributed by atoms with E-state index < -0.39 is 0 Å². The molecule has 1 unspecified atom stereocenters. The van der Waals surface area contributed by atoms with Crippen molar-refractivity contribution < 1.29 is 0 Å². The summed E-state index contributed by atoms with van der Waals surface area (Å²) in [5, 5.41) is 3.32. The van der Waals surface area contributed by atoms with Gasteiger partial charge in [0.2, 0.25) is 0 Å². The molecule has 0 aromatic carbocycles. The van der Waals surface area contributed by atoms with E-state index in [4.69, 9.17) is 5.73 Å². The molecule has 0 saturated carbocycles. The lowest BCUT2D eigenvalue weighted by Crippen LogP contribution is -2.35. The van der Waals surface area contributed by atoms with Gasteiger partial charge in [0.1, 0.15) is 5.82 Å². The molecule has 1 aliphatic heterocycles. The largest absolute Gasteiger partial charge is 0.383 e. The van der Waals surface area contributed by atoms with Crippen LogP contribution in [0.2, 0.25) is 0 Å². The quantitative estimate of drug-likeness (QED) is 0.760. The van der Waals surface area contributed by atoms with Crippen LogP contribution in [-0.4, -0.2) is 11.5 Å². The van der Waals surface area contributed by atoms with Gasteiger partial charge < -0.3 is 11.1 Å². The molecule has 0 bridgehead atoms. The number of hydrogen-bond acceptors (Lipinski definition) is 3. The molecule has 4 heteroatoms. The Morgan fingerprint density at radius 3 is 2.92 bits per heavy atom. The summed E-state index contributed by atoms with van der Waals surface area (Å²) >= 11 is 2.21. The maximum absolute atomic E-state index is 5.61. The molecule has 3 N–H and O–H groups in total. The van der Waals surface area contributed by atoms with Crippen LogP contribution in [0.4, 0.5) is 5.82 Å². The molecule has 2 rings (SSSR count). The lowest BCUT2D eigenvalue weighted by atomic mass is 10.00.